The van der Waals surface area contributed by atoms with E-state index in [9.17, 15) is 19.2 Å². The van der Waals surface area contributed by atoms with Crippen LogP contribution >= 0.6 is 47.0 Å². The van der Waals surface area contributed by atoms with Gasteiger partial charge >= 0.3 is 23.9 Å². The van der Waals surface area contributed by atoms with Crippen LogP contribution in [0.25, 0.3) is 0 Å². The highest BCUT2D eigenvalue weighted by atomic mass is 32.2. The van der Waals surface area contributed by atoms with E-state index >= 15 is 0 Å². The number of esters is 4. The summed E-state index contributed by atoms with van der Waals surface area (Å²) in [6, 6.07) is 3.53. The van der Waals surface area contributed by atoms with Gasteiger partial charge in [0.15, 0.2) is 0 Å². The quantitative estimate of drug-likeness (QED) is 0.284. The molecule has 2 aliphatic heterocycles. The predicted molar refractivity (Wildman–Crippen MR) is 122 cm³/mol. The zero-order valence-electron chi connectivity index (χ0n) is 17.9. The number of thioether (sulfide) groups is 4. The maximum atomic E-state index is 12.7. The SMILES string of the molecule is CCOC(=O)C1(C(=O)OCC)Sc2cc3c(cc2S1)SC(C(=O)OCC)(C(=O)OCC)S3. The monoisotopic (exact) mass is 518 g/mol. The van der Waals surface area contributed by atoms with Crippen molar-refractivity contribution >= 4 is 70.9 Å². The Kier molecular flexibility index (Phi) is 8.00. The number of fused-ring (bicyclic) bond motifs is 2. The van der Waals surface area contributed by atoms with Crippen LogP contribution in [0.15, 0.2) is 31.7 Å². The van der Waals surface area contributed by atoms with Gasteiger partial charge in [-0.2, -0.15) is 0 Å². The third-order valence-electron chi connectivity index (χ3n) is 4.20. The van der Waals surface area contributed by atoms with Crippen molar-refractivity contribution in [1.29, 1.82) is 0 Å². The Hall–Kier alpha value is -1.50. The number of benzene rings is 1. The lowest BCUT2D eigenvalue weighted by Gasteiger charge is -2.22. The van der Waals surface area contributed by atoms with Crippen LogP contribution in [0.1, 0.15) is 27.7 Å². The Labute approximate surface area is 202 Å². The smallest absolute Gasteiger partial charge is 0.345 e. The Bertz CT molecular complexity index is 802. The fraction of sp³-hybridized carbons (Fsp3) is 0.500. The molecule has 0 fully saturated rings. The van der Waals surface area contributed by atoms with Crippen LogP contribution in [0.5, 0.6) is 0 Å². The first-order valence-corrected chi connectivity index (χ1v) is 13.2. The van der Waals surface area contributed by atoms with Crippen LogP contribution in [0.2, 0.25) is 0 Å². The van der Waals surface area contributed by atoms with Gasteiger partial charge in [-0.3, -0.25) is 0 Å². The molecular formula is C20H22O8S4. The number of hydrogen-bond acceptors (Lipinski definition) is 12. The van der Waals surface area contributed by atoms with Gasteiger partial charge in [0.25, 0.3) is 8.16 Å². The predicted octanol–water partition coefficient (Wildman–Crippen LogP) is 3.73. The average Bonchev–Trinajstić information content (AvgIpc) is 3.32. The van der Waals surface area contributed by atoms with Gasteiger partial charge in [-0.1, -0.05) is 47.0 Å². The van der Waals surface area contributed by atoms with E-state index in [2.05, 4.69) is 0 Å². The van der Waals surface area contributed by atoms with Crippen molar-refractivity contribution in [3.8, 4) is 0 Å². The maximum absolute atomic E-state index is 12.7. The van der Waals surface area contributed by atoms with Gasteiger partial charge in [-0.05, 0) is 39.8 Å². The molecule has 0 aromatic heterocycles. The maximum Gasteiger partial charge on any atom is 0.345 e. The number of rotatable bonds is 8. The summed E-state index contributed by atoms with van der Waals surface area (Å²) in [7, 11) is 0. The molecule has 0 bridgehead atoms. The molecule has 0 saturated carbocycles. The Morgan fingerprint density at radius 3 is 0.969 bits per heavy atom. The van der Waals surface area contributed by atoms with E-state index in [4.69, 9.17) is 18.9 Å². The highest BCUT2D eigenvalue weighted by molar-refractivity contribution is 8.24. The second-order valence-electron chi connectivity index (χ2n) is 6.27. The van der Waals surface area contributed by atoms with Crippen LogP contribution < -0.4 is 0 Å². The third kappa shape index (κ3) is 4.34. The molecule has 0 saturated heterocycles. The minimum Gasteiger partial charge on any atom is -0.464 e. The number of carbonyl (C=O) groups is 4. The fourth-order valence-corrected chi connectivity index (χ4v) is 8.69. The molecule has 1 aromatic carbocycles. The highest BCUT2D eigenvalue weighted by Crippen LogP contribution is 2.63. The van der Waals surface area contributed by atoms with E-state index in [0.717, 1.165) is 47.0 Å². The molecular weight excluding hydrogens is 496 g/mol. The van der Waals surface area contributed by atoms with Gasteiger partial charge < -0.3 is 18.9 Å². The first-order chi connectivity index (χ1) is 15.3. The Morgan fingerprint density at radius 1 is 0.562 bits per heavy atom. The topological polar surface area (TPSA) is 105 Å². The molecule has 2 heterocycles. The van der Waals surface area contributed by atoms with Crippen LogP contribution in [0.3, 0.4) is 0 Å². The molecule has 0 amide bonds. The van der Waals surface area contributed by atoms with Crippen LogP contribution in [-0.4, -0.2) is 58.5 Å². The summed E-state index contributed by atoms with van der Waals surface area (Å²) in [5.41, 5.74) is 0. The second kappa shape index (κ2) is 10.2. The zero-order valence-corrected chi connectivity index (χ0v) is 21.1. The summed E-state index contributed by atoms with van der Waals surface area (Å²) in [5.74, 6) is -2.73. The molecule has 8 nitrogen and oxygen atoms in total. The normalized spacial score (nSPS) is 17.1. The summed E-state index contributed by atoms with van der Waals surface area (Å²) >= 11 is 4.17. The molecule has 12 heteroatoms. The van der Waals surface area contributed by atoms with Crippen molar-refractivity contribution in [2.24, 2.45) is 0 Å². The Balaban J connectivity index is 1.96. The van der Waals surface area contributed by atoms with E-state index in [1.165, 1.54) is 0 Å². The standard InChI is InChI=1S/C20H22O8S4/c1-5-25-15(21)19(16(22)26-6-2)29-11-9-13-14(10-12(11)30-19)32-20(31-13,17(23)27-7-3)18(24)28-8-4/h9-10H,5-8H2,1-4H3. The van der Waals surface area contributed by atoms with Crippen LogP contribution in [-0.2, 0) is 38.1 Å². The second-order valence-corrected chi connectivity index (χ2v) is 11.8. The molecule has 1 aromatic rings. The highest BCUT2D eigenvalue weighted by Gasteiger charge is 2.59. The molecule has 0 spiro atoms. The lowest BCUT2D eigenvalue weighted by molar-refractivity contribution is -0.156. The first kappa shape index (κ1) is 25.1. The molecule has 0 radical (unpaired) electrons. The van der Waals surface area contributed by atoms with Crippen molar-refractivity contribution in [2.75, 3.05) is 26.4 Å². The molecule has 0 unspecified atom stereocenters. The van der Waals surface area contributed by atoms with Crippen molar-refractivity contribution in [3.05, 3.63) is 12.1 Å². The summed E-state index contributed by atoms with van der Waals surface area (Å²) in [6.07, 6.45) is 0. The largest absolute Gasteiger partial charge is 0.464 e. The zero-order chi connectivity index (χ0) is 23.5. The molecule has 2 aliphatic rings. The van der Waals surface area contributed by atoms with Crippen molar-refractivity contribution in [1.82, 2.24) is 0 Å². The van der Waals surface area contributed by atoms with Crippen LogP contribution in [0.4, 0.5) is 0 Å². The minimum absolute atomic E-state index is 0.126. The summed E-state index contributed by atoms with van der Waals surface area (Å²) in [4.78, 5) is 53.6. The molecule has 0 N–H and O–H groups in total. The van der Waals surface area contributed by atoms with Gasteiger partial charge in [0.2, 0.25) is 0 Å². The van der Waals surface area contributed by atoms with E-state index < -0.39 is 32.0 Å². The molecule has 0 atom stereocenters. The summed E-state index contributed by atoms with van der Waals surface area (Å²) < 4.78 is 17.5. The van der Waals surface area contributed by atoms with Crippen LogP contribution in [0, 0.1) is 0 Å². The molecule has 3 rings (SSSR count). The van der Waals surface area contributed by atoms with Crippen molar-refractivity contribution in [3.63, 3.8) is 0 Å². The first-order valence-electron chi connectivity index (χ1n) is 9.90. The molecule has 32 heavy (non-hydrogen) atoms. The Morgan fingerprint density at radius 2 is 0.781 bits per heavy atom. The van der Waals surface area contributed by atoms with Crippen molar-refractivity contribution in [2.45, 2.75) is 55.4 Å². The van der Waals surface area contributed by atoms with Crippen molar-refractivity contribution < 1.29 is 38.1 Å². The van der Waals surface area contributed by atoms with E-state index in [1.807, 2.05) is 0 Å². The lowest BCUT2D eigenvalue weighted by Crippen LogP contribution is -2.41. The lowest BCUT2D eigenvalue weighted by atomic mass is 10.3. The number of carbonyl (C=O) groups excluding carboxylic acids is 4. The number of hydrogen-bond donors (Lipinski definition) is 0. The van der Waals surface area contributed by atoms with Gasteiger partial charge in [0.1, 0.15) is 0 Å². The van der Waals surface area contributed by atoms with Gasteiger partial charge in [0.05, 0.1) is 26.4 Å². The van der Waals surface area contributed by atoms with E-state index in [1.54, 1.807) is 39.8 Å². The molecule has 0 aliphatic carbocycles. The van der Waals surface area contributed by atoms with E-state index in [-0.39, 0.29) is 26.4 Å². The number of ether oxygens (including phenoxy) is 4. The third-order valence-corrected chi connectivity index (χ3v) is 10.2. The van der Waals surface area contributed by atoms with Gasteiger partial charge in [-0.25, -0.2) is 19.2 Å². The fourth-order valence-electron chi connectivity index (χ4n) is 2.91. The van der Waals surface area contributed by atoms with Gasteiger partial charge in [-0.15, -0.1) is 0 Å². The summed E-state index contributed by atoms with van der Waals surface area (Å²) in [6.45, 7) is 7.17. The molecule has 174 valence electrons. The summed E-state index contributed by atoms with van der Waals surface area (Å²) in [5, 5.41) is 0. The minimum atomic E-state index is -1.60. The average molecular weight is 519 g/mol. The van der Waals surface area contributed by atoms with Gasteiger partial charge in [0, 0.05) is 19.6 Å². The van der Waals surface area contributed by atoms with E-state index in [0.29, 0.717) is 19.6 Å².